The van der Waals surface area contributed by atoms with E-state index in [9.17, 15) is 24.3 Å². The summed E-state index contributed by atoms with van der Waals surface area (Å²) in [5.74, 6) is -3.76. The van der Waals surface area contributed by atoms with Gasteiger partial charge in [-0.1, -0.05) is 66.2 Å². The van der Waals surface area contributed by atoms with Crippen molar-refractivity contribution >= 4 is 41.0 Å². The lowest BCUT2D eigenvalue weighted by Crippen LogP contribution is -2.58. The molecular weight excluding hydrogens is 610 g/mol. The first-order valence-electron chi connectivity index (χ1n) is 15.6. The normalized spacial score (nSPS) is 32.9. The van der Waals surface area contributed by atoms with Crippen LogP contribution in [0.5, 0.6) is 0 Å². The van der Waals surface area contributed by atoms with Crippen LogP contribution < -0.4 is 4.90 Å². The number of hydrogen-bond acceptors (Lipinski definition) is 7. The number of nitrogens with zero attached hydrogens (tertiary/aromatic N) is 3. The molecule has 1 spiro atoms. The molecule has 46 heavy (non-hydrogen) atoms. The van der Waals surface area contributed by atoms with Gasteiger partial charge < -0.3 is 29.3 Å². The van der Waals surface area contributed by atoms with Gasteiger partial charge in [-0.2, -0.15) is 0 Å². The highest BCUT2D eigenvalue weighted by Gasteiger charge is 2.74. The highest BCUT2D eigenvalue weighted by atomic mass is 35.5. The van der Waals surface area contributed by atoms with Crippen LogP contribution in [0.15, 0.2) is 78.9 Å². The molecule has 0 saturated carbocycles. The summed E-state index contributed by atoms with van der Waals surface area (Å²) in [5, 5.41) is 10.7. The van der Waals surface area contributed by atoms with Gasteiger partial charge >= 0.3 is 5.97 Å². The molecule has 0 unspecified atom stereocenters. The predicted octanol–water partition coefficient (Wildman–Crippen LogP) is 3.69. The average molecular weight is 648 g/mol. The number of halogens is 1. The first kappa shape index (κ1) is 32.0. The number of allylic oxidation sites excluding steroid dienone is 1. The number of rotatable bonds is 4. The third-order valence-electron chi connectivity index (χ3n) is 9.75. The topological polar surface area (TPSA) is 117 Å². The van der Waals surface area contributed by atoms with Gasteiger partial charge in [-0.3, -0.25) is 19.2 Å². The number of aliphatic hydroxyl groups is 1. The number of hydrogen-bond donors (Lipinski definition) is 1. The minimum absolute atomic E-state index is 0.128. The maximum Gasteiger partial charge on any atom is 0.313 e. The molecule has 0 aromatic heterocycles. The number of benzene rings is 2. The number of likely N-dealkylation sites (N-methyl/N-ethyl adjacent to an activating group) is 1. The average Bonchev–Trinajstić information content (AvgIpc) is 3.71. The van der Waals surface area contributed by atoms with E-state index in [4.69, 9.17) is 21.1 Å². The van der Waals surface area contributed by atoms with Crippen LogP contribution in [0.25, 0.3) is 0 Å². The van der Waals surface area contributed by atoms with E-state index in [2.05, 4.69) is 0 Å². The van der Waals surface area contributed by atoms with Gasteiger partial charge in [-0.15, -0.1) is 0 Å². The number of ether oxygens (including phenoxy) is 2. The largest absolute Gasteiger partial charge is 0.455 e. The SMILES string of the molecule is C[C@@H]1[C@@H](c2ccccc2)OC(=O)[C@@H]2[C@@H]3C=C[C@]4(O3)[C@H](C(=O)N(c3ccc(Cl)cc3)C/C=C\CCC(=O)N1C)N([C@H](C)CO)C(=O)[C@@H]24. The molecule has 4 aliphatic heterocycles. The molecule has 11 heteroatoms. The highest BCUT2D eigenvalue weighted by Crippen LogP contribution is 2.56. The van der Waals surface area contributed by atoms with E-state index in [1.807, 2.05) is 49.4 Å². The molecule has 5 bridgehead atoms. The first-order chi connectivity index (χ1) is 22.1. The smallest absolute Gasteiger partial charge is 0.313 e. The molecule has 8 atom stereocenters. The van der Waals surface area contributed by atoms with Crippen LogP contribution in [0, 0.1) is 11.8 Å². The number of cyclic esters (lactones) is 1. The summed E-state index contributed by atoms with van der Waals surface area (Å²) in [6.45, 7) is 3.24. The number of aliphatic hydroxyl groups excluding tert-OH is 1. The number of esters is 1. The number of fused-ring (bicyclic) bond motifs is 2. The fourth-order valence-electron chi connectivity index (χ4n) is 7.21. The zero-order valence-corrected chi connectivity index (χ0v) is 26.7. The molecule has 2 fully saturated rings. The van der Waals surface area contributed by atoms with Crippen LogP contribution in [0.3, 0.4) is 0 Å². The van der Waals surface area contributed by atoms with Crippen LogP contribution in [0.4, 0.5) is 5.69 Å². The highest BCUT2D eigenvalue weighted by molar-refractivity contribution is 6.30. The Balaban J connectivity index is 1.47. The molecular formula is C35H38ClN3O7. The maximum atomic E-state index is 14.7. The fourth-order valence-corrected chi connectivity index (χ4v) is 7.34. The van der Waals surface area contributed by atoms with Gasteiger partial charge in [-0.25, -0.2) is 0 Å². The molecule has 0 aliphatic carbocycles. The summed E-state index contributed by atoms with van der Waals surface area (Å²) in [7, 11) is 1.69. The van der Waals surface area contributed by atoms with Crippen molar-refractivity contribution in [3.63, 3.8) is 0 Å². The molecule has 2 aromatic carbocycles. The van der Waals surface area contributed by atoms with Crippen molar-refractivity contribution < 1.29 is 33.8 Å². The Morgan fingerprint density at radius 3 is 2.43 bits per heavy atom. The van der Waals surface area contributed by atoms with Gasteiger partial charge in [0.25, 0.3) is 5.91 Å². The van der Waals surface area contributed by atoms with Crippen LogP contribution in [-0.2, 0) is 28.7 Å². The van der Waals surface area contributed by atoms with Crippen LogP contribution >= 0.6 is 11.6 Å². The van der Waals surface area contributed by atoms with Crippen LogP contribution in [-0.4, -0.2) is 88.6 Å². The molecule has 4 aliphatic rings. The summed E-state index contributed by atoms with van der Waals surface area (Å²) >= 11 is 6.17. The minimum atomic E-state index is -1.45. The molecule has 1 N–H and O–H groups in total. The monoisotopic (exact) mass is 647 g/mol. The molecule has 0 radical (unpaired) electrons. The van der Waals surface area contributed by atoms with Crippen molar-refractivity contribution in [2.75, 3.05) is 25.1 Å². The number of anilines is 1. The molecule has 6 rings (SSSR count). The third kappa shape index (κ3) is 5.32. The summed E-state index contributed by atoms with van der Waals surface area (Å²) < 4.78 is 12.7. The van der Waals surface area contributed by atoms with Crippen molar-refractivity contribution in [1.82, 2.24) is 9.80 Å². The number of likely N-dealkylation sites (tertiary alicyclic amines) is 1. The minimum Gasteiger partial charge on any atom is -0.455 e. The van der Waals surface area contributed by atoms with E-state index in [0.29, 0.717) is 22.7 Å². The van der Waals surface area contributed by atoms with Crippen molar-refractivity contribution in [3.05, 3.63) is 89.5 Å². The zero-order valence-electron chi connectivity index (χ0n) is 26.0. The standard InChI is InChI=1S/C35H38ClN3O7/c1-21(20-40)39-31-33(43)38(25-15-13-24(36)14-16-25)19-9-5-8-12-27(41)37(3)22(2)30(23-10-6-4-7-11-23)45-34(44)28-26-17-18-35(31,46-26)29(28)32(39)42/h4-7,9-11,13-18,21-22,26,28-31,40H,8,12,19-20H2,1-3H3/b9-5-/t21-,22-,26+,28-,29-,30+,31+,35-/m1/s1. The maximum absolute atomic E-state index is 14.7. The van der Waals surface area contributed by atoms with Gasteiger partial charge in [0.15, 0.2) is 0 Å². The molecule has 4 heterocycles. The van der Waals surface area contributed by atoms with Crippen molar-refractivity contribution in [2.45, 2.75) is 62.6 Å². The summed E-state index contributed by atoms with van der Waals surface area (Å²) in [6, 6.07) is 13.5. The molecule has 242 valence electrons. The van der Waals surface area contributed by atoms with Gasteiger partial charge in [0.05, 0.1) is 30.7 Å². The lowest BCUT2D eigenvalue weighted by molar-refractivity contribution is -0.164. The Labute approximate surface area is 273 Å². The Morgan fingerprint density at radius 1 is 1.02 bits per heavy atom. The van der Waals surface area contributed by atoms with Gasteiger partial charge in [-0.05, 0) is 50.1 Å². The first-order valence-corrected chi connectivity index (χ1v) is 16.0. The van der Waals surface area contributed by atoms with Crippen LogP contribution in [0.2, 0.25) is 5.02 Å². The number of amides is 3. The Kier molecular flexibility index (Phi) is 8.80. The lowest BCUT2D eigenvalue weighted by Gasteiger charge is -2.37. The Morgan fingerprint density at radius 2 is 1.74 bits per heavy atom. The van der Waals surface area contributed by atoms with E-state index >= 15 is 0 Å². The van der Waals surface area contributed by atoms with Crippen molar-refractivity contribution in [1.29, 1.82) is 0 Å². The van der Waals surface area contributed by atoms with Gasteiger partial charge in [0, 0.05) is 30.7 Å². The summed E-state index contributed by atoms with van der Waals surface area (Å²) in [5.41, 5.74) is -0.201. The van der Waals surface area contributed by atoms with E-state index in [1.165, 1.54) is 9.80 Å². The molecule has 2 aromatic rings. The summed E-state index contributed by atoms with van der Waals surface area (Å²) in [6.07, 6.45) is 6.14. The summed E-state index contributed by atoms with van der Waals surface area (Å²) in [4.78, 5) is 61.1. The van der Waals surface area contributed by atoms with E-state index < -0.39 is 72.2 Å². The van der Waals surface area contributed by atoms with Gasteiger partial charge in [0.2, 0.25) is 11.8 Å². The molecule has 3 amide bonds. The van der Waals surface area contributed by atoms with Crippen LogP contribution in [0.1, 0.15) is 38.4 Å². The molecule has 10 nitrogen and oxygen atoms in total. The quantitative estimate of drug-likeness (QED) is 0.398. The van der Waals surface area contributed by atoms with Gasteiger partial charge in [0.1, 0.15) is 23.7 Å². The second-order valence-electron chi connectivity index (χ2n) is 12.4. The van der Waals surface area contributed by atoms with Crippen molar-refractivity contribution in [2.24, 2.45) is 11.8 Å². The van der Waals surface area contributed by atoms with E-state index in [0.717, 1.165) is 0 Å². The Hall–Kier alpha value is -3.99. The second kappa shape index (κ2) is 12.7. The second-order valence-corrected chi connectivity index (χ2v) is 12.9. The Bertz CT molecular complexity index is 1560. The predicted molar refractivity (Wildman–Crippen MR) is 171 cm³/mol. The van der Waals surface area contributed by atoms with E-state index in [-0.39, 0.29) is 18.9 Å². The van der Waals surface area contributed by atoms with E-state index in [1.54, 1.807) is 55.3 Å². The zero-order chi connectivity index (χ0) is 32.7. The number of carbonyl (C=O) groups excluding carboxylic acids is 4. The fraction of sp³-hybridized carbons (Fsp3) is 0.429. The number of carbonyl (C=O) groups is 4. The van der Waals surface area contributed by atoms with Crippen molar-refractivity contribution in [3.8, 4) is 0 Å². The molecule has 2 saturated heterocycles. The lowest BCUT2D eigenvalue weighted by atomic mass is 9.74. The third-order valence-corrected chi connectivity index (χ3v) is 10.0.